The van der Waals surface area contributed by atoms with Gasteiger partial charge in [-0.3, -0.25) is 9.59 Å². The van der Waals surface area contributed by atoms with Crippen LogP contribution in [0.1, 0.15) is 23.3 Å². The van der Waals surface area contributed by atoms with Crippen molar-refractivity contribution >= 4 is 11.8 Å². The molecule has 1 atom stereocenters. The lowest BCUT2D eigenvalue weighted by molar-refractivity contribution is -0.136. The van der Waals surface area contributed by atoms with Gasteiger partial charge in [0.15, 0.2) is 0 Å². The number of rotatable bonds is 8. The number of nitrogens with zero attached hydrogens (tertiary/aromatic N) is 2. The van der Waals surface area contributed by atoms with Crippen LogP contribution in [0.2, 0.25) is 0 Å². The van der Waals surface area contributed by atoms with E-state index in [4.69, 9.17) is 4.42 Å². The smallest absolute Gasteiger partial charge is 0.228 e. The van der Waals surface area contributed by atoms with Crippen molar-refractivity contribution in [2.45, 2.75) is 25.9 Å². The van der Waals surface area contributed by atoms with Gasteiger partial charge in [-0.15, -0.1) is 0 Å². The molecule has 0 bridgehead atoms. The molecule has 30 heavy (non-hydrogen) atoms. The Hall–Kier alpha value is -3.34. The lowest BCUT2D eigenvalue weighted by atomic mass is 10.1. The molecule has 0 spiro atoms. The maximum Gasteiger partial charge on any atom is 0.228 e. The molecule has 1 unspecified atom stereocenters. The minimum Gasteiger partial charge on any atom is -0.467 e. The Balaban J connectivity index is 1.44. The molecule has 1 aliphatic rings. The van der Waals surface area contributed by atoms with E-state index in [-0.39, 0.29) is 24.2 Å². The Morgan fingerprint density at radius 1 is 0.967 bits per heavy atom. The van der Waals surface area contributed by atoms with E-state index in [9.17, 15) is 9.59 Å². The van der Waals surface area contributed by atoms with Crippen molar-refractivity contribution in [1.82, 2.24) is 9.80 Å². The first-order valence-electron chi connectivity index (χ1n) is 10.4. The summed E-state index contributed by atoms with van der Waals surface area (Å²) in [7, 11) is 0. The molecule has 0 aliphatic carbocycles. The quantitative estimate of drug-likeness (QED) is 0.574. The van der Waals surface area contributed by atoms with Crippen molar-refractivity contribution < 1.29 is 14.0 Å². The summed E-state index contributed by atoms with van der Waals surface area (Å²) in [5.41, 5.74) is 2.29. The molecular formula is C25H26N2O3. The van der Waals surface area contributed by atoms with Gasteiger partial charge in [0, 0.05) is 26.1 Å². The Morgan fingerprint density at radius 2 is 1.67 bits per heavy atom. The van der Waals surface area contributed by atoms with Crippen molar-refractivity contribution in [2.75, 3.05) is 13.1 Å². The van der Waals surface area contributed by atoms with Gasteiger partial charge in [0.1, 0.15) is 5.76 Å². The fourth-order valence-electron chi connectivity index (χ4n) is 3.92. The number of carbonyl (C=O) groups is 2. The summed E-state index contributed by atoms with van der Waals surface area (Å²) < 4.78 is 5.36. The molecule has 154 valence electrons. The number of hydrogen-bond donors (Lipinski definition) is 0. The molecule has 5 nitrogen and oxygen atoms in total. The fraction of sp³-hybridized carbons (Fsp3) is 0.280. The van der Waals surface area contributed by atoms with Gasteiger partial charge < -0.3 is 14.2 Å². The number of benzene rings is 2. The van der Waals surface area contributed by atoms with Crippen LogP contribution in [0, 0.1) is 5.92 Å². The van der Waals surface area contributed by atoms with Gasteiger partial charge in [-0.1, -0.05) is 60.7 Å². The molecule has 0 N–H and O–H groups in total. The van der Waals surface area contributed by atoms with Crippen LogP contribution < -0.4 is 0 Å². The summed E-state index contributed by atoms with van der Waals surface area (Å²) in [5.74, 6) is 0.478. The highest BCUT2D eigenvalue weighted by atomic mass is 16.3. The van der Waals surface area contributed by atoms with E-state index < -0.39 is 0 Å². The van der Waals surface area contributed by atoms with Crippen LogP contribution in [0.5, 0.6) is 0 Å². The van der Waals surface area contributed by atoms with Crippen LogP contribution in [0.25, 0.3) is 0 Å². The van der Waals surface area contributed by atoms with Crippen molar-refractivity contribution in [3.8, 4) is 0 Å². The normalized spacial score (nSPS) is 16.1. The van der Waals surface area contributed by atoms with Gasteiger partial charge in [0.25, 0.3) is 0 Å². The van der Waals surface area contributed by atoms with E-state index >= 15 is 0 Å². The lowest BCUT2D eigenvalue weighted by Crippen LogP contribution is -2.38. The zero-order valence-electron chi connectivity index (χ0n) is 16.9. The third-order valence-electron chi connectivity index (χ3n) is 5.53. The molecule has 1 aromatic heterocycles. The van der Waals surface area contributed by atoms with Gasteiger partial charge in [0.05, 0.1) is 18.7 Å². The van der Waals surface area contributed by atoms with Gasteiger partial charge in [0.2, 0.25) is 11.8 Å². The highest BCUT2D eigenvalue weighted by Gasteiger charge is 2.36. The predicted molar refractivity (Wildman–Crippen MR) is 114 cm³/mol. The molecule has 5 heteroatoms. The standard InChI is InChI=1S/C25H26N2O3/c28-24-16-22(18-27(24)19-23-12-7-15-30-23)25(29)26(17-21-10-5-2-6-11-21)14-13-20-8-3-1-4-9-20/h1-12,15,22H,13-14,16-19H2. The van der Waals surface area contributed by atoms with E-state index in [1.165, 1.54) is 5.56 Å². The van der Waals surface area contributed by atoms with E-state index in [2.05, 4.69) is 12.1 Å². The number of likely N-dealkylation sites (tertiary alicyclic amines) is 1. The molecule has 2 amide bonds. The third-order valence-corrected chi connectivity index (χ3v) is 5.53. The molecule has 1 fully saturated rings. The van der Waals surface area contributed by atoms with E-state index in [1.807, 2.05) is 65.6 Å². The predicted octanol–water partition coefficient (Wildman–Crippen LogP) is 3.90. The lowest BCUT2D eigenvalue weighted by Gasteiger charge is -2.26. The summed E-state index contributed by atoms with van der Waals surface area (Å²) in [6, 6.07) is 23.9. The molecular weight excluding hydrogens is 376 g/mol. The maximum absolute atomic E-state index is 13.4. The molecule has 2 heterocycles. The first-order valence-corrected chi connectivity index (χ1v) is 10.4. The summed E-state index contributed by atoms with van der Waals surface area (Å²) in [5, 5.41) is 0. The summed E-state index contributed by atoms with van der Waals surface area (Å²) in [6.45, 7) is 2.03. The van der Waals surface area contributed by atoms with Gasteiger partial charge in [-0.05, 0) is 29.7 Å². The highest BCUT2D eigenvalue weighted by molar-refractivity contribution is 5.89. The second-order valence-electron chi connectivity index (χ2n) is 7.74. The molecule has 3 aromatic rings. The minimum absolute atomic E-state index is 0.00692. The van der Waals surface area contributed by atoms with Gasteiger partial charge in [-0.2, -0.15) is 0 Å². The number of hydrogen-bond acceptors (Lipinski definition) is 3. The molecule has 0 radical (unpaired) electrons. The Kier molecular flexibility index (Phi) is 6.28. The Morgan fingerprint density at radius 3 is 2.33 bits per heavy atom. The van der Waals surface area contributed by atoms with E-state index in [1.54, 1.807) is 11.2 Å². The zero-order valence-corrected chi connectivity index (χ0v) is 16.9. The average molecular weight is 402 g/mol. The highest BCUT2D eigenvalue weighted by Crippen LogP contribution is 2.23. The van der Waals surface area contributed by atoms with E-state index in [0.29, 0.717) is 26.2 Å². The molecule has 0 saturated carbocycles. The van der Waals surface area contributed by atoms with Crippen LogP contribution in [0.15, 0.2) is 83.5 Å². The monoisotopic (exact) mass is 402 g/mol. The fourth-order valence-corrected chi connectivity index (χ4v) is 3.92. The molecule has 4 rings (SSSR count). The molecule has 2 aromatic carbocycles. The average Bonchev–Trinajstić information content (AvgIpc) is 3.42. The van der Waals surface area contributed by atoms with Gasteiger partial charge in [-0.25, -0.2) is 0 Å². The Bertz CT molecular complexity index is 955. The minimum atomic E-state index is -0.313. The summed E-state index contributed by atoms with van der Waals surface area (Å²) >= 11 is 0. The SMILES string of the molecule is O=C1CC(C(=O)N(CCc2ccccc2)Cc2ccccc2)CN1Cc1ccco1. The molecule has 1 saturated heterocycles. The van der Waals surface area contributed by atoms with Crippen molar-refractivity contribution in [3.63, 3.8) is 0 Å². The molecule has 1 aliphatic heterocycles. The van der Waals surface area contributed by atoms with Crippen LogP contribution >= 0.6 is 0 Å². The van der Waals surface area contributed by atoms with Crippen LogP contribution in [-0.4, -0.2) is 34.7 Å². The summed E-state index contributed by atoms with van der Waals surface area (Å²) in [4.78, 5) is 29.5. The van der Waals surface area contributed by atoms with Crippen LogP contribution in [0.4, 0.5) is 0 Å². The number of furan rings is 1. The second kappa shape index (κ2) is 9.44. The topological polar surface area (TPSA) is 53.8 Å². The first kappa shape index (κ1) is 20.0. The van der Waals surface area contributed by atoms with Crippen LogP contribution in [-0.2, 0) is 29.1 Å². The van der Waals surface area contributed by atoms with Gasteiger partial charge >= 0.3 is 0 Å². The van der Waals surface area contributed by atoms with Crippen LogP contribution in [0.3, 0.4) is 0 Å². The Labute approximate surface area is 176 Å². The number of carbonyl (C=O) groups excluding carboxylic acids is 2. The number of amides is 2. The van der Waals surface area contributed by atoms with Crippen molar-refractivity contribution in [2.24, 2.45) is 5.92 Å². The van der Waals surface area contributed by atoms with E-state index in [0.717, 1.165) is 17.7 Å². The first-order chi connectivity index (χ1) is 14.7. The largest absolute Gasteiger partial charge is 0.467 e. The summed E-state index contributed by atoms with van der Waals surface area (Å²) in [6.07, 6.45) is 2.65. The second-order valence-corrected chi connectivity index (χ2v) is 7.74. The zero-order chi connectivity index (χ0) is 20.8. The van der Waals surface area contributed by atoms with Crippen molar-refractivity contribution in [1.29, 1.82) is 0 Å². The third kappa shape index (κ3) is 4.98. The van der Waals surface area contributed by atoms with Crippen molar-refractivity contribution in [3.05, 3.63) is 95.9 Å². The maximum atomic E-state index is 13.4.